The maximum atomic E-state index is 14.2. The molecule has 1 amide bonds. The van der Waals surface area contributed by atoms with Gasteiger partial charge in [-0.25, -0.2) is 4.39 Å². The lowest BCUT2D eigenvalue weighted by Gasteiger charge is -2.31. The van der Waals surface area contributed by atoms with Gasteiger partial charge < -0.3 is 15.4 Å². The highest BCUT2D eigenvalue weighted by molar-refractivity contribution is 7.92. The van der Waals surface area contributed by atoms with Crippen molar-refractivity contribution < 1.29 is 18.8 Å². The van der Waals surface area contributed by atoms with Crippen LogP contribution in [0.4, 0.5) is 4.39 Å². The van der Waals surface area contributed by atoms with Crippen molar-refractivity contribution in [3.63, 3.8) is 0 Å². The summed E-state index contributed by atoms with van der Waals surface area (Å²) in [4.78, 5) is 13.8. The van der Waals surface area contributed by atoms with E-state index in [4.69, 9.17) is 10.8 Å². The maximum Gasteiger partial charge on any atom is 0.273 e. The third kappa shape index (κ3) is 5.58. The van der Waals surface area contributed by atoms with Gasteiger partial charge in [0, 0.05) is 32.5 Å². The van der Waals surface area contributed by atoms with Crippen LogP contribution in [-0.2, 0) is 16.0 Å². The first-order chi connectivity index (χ1) is 13.3. The highest BCUT2D eigenvalue weighted by Gasteiger charge is 2.41. The molecule has 152 valence electrons. The molecular weight excluding hydrogens is 379 g/mol. The van der Waals surface area contributed by atoms with E-state index in [1.54, 1.807) is 13.0 Å². The fourth-order valence-electron chi connectivity index (χ4n) is 2.99. The van der Waals surface area contributed by atoms with Crippen LogP contribution in [0, 0.1) is 17.7 Å². The third-order valence-corrected chi connectivity index (χ3v) is 6.83. The fourth-order valence-corrected chi connectivity index (χ4v) is 3.65. The summed E-state index contributed by atoms with van der Waals surface area (Å²) in [6, 6.07) is 5.02. The molecule has 2 atom stereocenters. The van der Waals surface area contributed by atoms with E-state index < -0.39 is 21.8 Å². The summed E-state index contributed by atoms with van der Waals surface area (Å²) >= 11 is -1.33. The van der Waals surface area contributed by atoms with Gasteiger partial charge in [-0.1, -0.05) is 24.0 Å². The Bertz CT molecular complexity index is 801. The predicted octanol–water partition coefficient (Wildman–Crippen LogP) is 1.66. The maximum absolute atomic E-state index is 14.2. The van der Waals surface area contributed by atoms with Gasteiger partial charge in [-0.05, 0) is 47.8 Å². The monoisotopic (exact) mass is 406 g/mol. The Morgan fingerprint density at radius 1 is 1.50 bits per heavy atom. The molecule has 0 aliphatic carbocycles. The largest absolute Gasteiger partial charge is 0.616 e. The molecular formula is C21H27FN2O3S. The van der Waals surface area contributed by atoms with E-state index in [1.807, 2.05) is 6.07 Å². The minimum atomic E-state index is -1.33. The van der Waals surface area contributed by atoms with Gasteiger partial charge in [-0.2, -0.15) is 0 Å². The van der Waals surface area contributed by atoms with Crippen molar-refractivity contribution in [3.05, 3.63) is 41.2 Å². The average Bonchev–Trinajstić information content (AvgIpc) is 2.67. The summed E-state index contributed by atoms with van der Waals surface area (Å²) in [7, 11) is 0. The van der Waals surface area contributed by atoms with Crippen LogP contribution < -0.4 is 5.73 Å². The summed E-state index contributed by atoms with van der Waals surface area (Å²) in [5.41, 5.74) is 7.66. The van der Waals surface area contributed by atoms with Crippen molar-refractivity contribution in [2.24, 2.45) is 5.73 Å². The number of halogens is 1. The molecule has 1 heterocycles. The smallest absolute Gasteiger partial charge is 0.273 e. The van der Waals surface area contributed by atoms with Crippen LogP contribution in [0.5, 0.6) is 0 Å². The third-order valence-electron chi connectivity index (χ3n) is 5.15. The zero-order valence-electron chi connectivity index (χ0n) is 16.3. The number of carbonyl (C=O) groups is 1. The Hall–Kier alpha value is -1.85. The molecule has 0 radical (unpaired) electrons. The van der Waals surface area contributed by atoms with Gasteiger partial charge in [0.25, 0.3) is 5.91 Å². The van der Waals surface area contributed by atoms with Crippen LogP contribution in [0.25, 0.3) is 5.57 Å². The number of benzene rings is 1. The number of hydrogen-bond donors (Lipinski definition) is 2. The first-order valence-electron chi connectivity index (χ1n) is 9.22. The number of aliphatic hydroxyl groups excluding tert-OH is 1. The normalized spacial score (nSPS) is 17.8. The van der Waals surface area contributed by atoms with E-state index in [2.05, 4.69) is 22.8 Å². The van der Waals surface area contributed by atoms with Crippen molar-refractivity contribution >= 4 is 22.7 Å². The highest BCUT2D eigenvalue weighted by atomic mass is 32.2. The molecule has 28 heavy (non-hydrogen) atoms. The van der Waals surface area contributed by atoms with Crippen molar-refractivity contribution in [1.82, 2.24) is 4.90 Å². The van der Waals surface area contributed by atoms with E-state index in [0.29, 0.717) is 31.5 Å². The standard InChI is InChI=1S/C21H27FN2O3S/c1-21(20(23)26,28(2)27)10-13-24-11-8-16(9-12-24)18-7-6-17(19(22)15-18)5-3-4-14-25/h6-8,15,25H,4,9-14H2,1-2H3,(H2,23,26). The Morgan fingerprint density at radius 3 is 2.79 bits per heavy atom. The van der Waals surface area contributed by atoms with Gasteiger partial charge in [0.05, 0.1) is 18.4 Å². The van der Waals surface area contributed by atoms with E-state index in [9.17, 15) is 13.7 Å². The minimum Gasteiger partial charge on any atom is -0.616 e. The quantitative estimate of drug-likeness (QED) is 0.532. The van der Waals surface area contributed by atoms with E-state index >= 15 is 0 Å². The molecule has 1 aromatic rings. The van der Waals surface area contributed by atoms with Crippen molar-refractivity contribution in [2.45, 2.75) is 30.9 Å². The Balaban J connectivity index is 1.99. The lowest BCUT2D eigenvalue weighted by atomic mass is 9.97. The number of primary amides is 1. The molecule has 0 fully saturated rings. The molecule has 1 aromatic carbocycles. The molecule has 0 aromatic heterocycles. The molecule has 5 nitrogen and oxygen atoms in total. The van der Waals surface area contributed by atoms with Gasteiger partial charge in [-0.3, -0.25) is 9.69 Å². The lowest BCUT2D eigenvalue weighted by molar-refractivity contribution is -0.120. The molecule has 1 aliphatic heterocycles. The lowest BCUT2D eigenvalue weighted by Crippen LogP contribution is -2.49. The number of nitrogens with zero attached hydrogens (tertiary/aromatic N) is 1. The van der Waals surface area contributed by atoms with Crippen LogP contribution in [0.3, 0.4) is 0 Å². The highest BCUT2D eigenvalue weighted by Crippen LogP contribution is 2.26. The number of hydrogen-bond acceptors (Lipinski definition) is 4. The number of aliphatic hydroxyl groups is 1. The van der Waals surface area contributed by atoms with Gasteiger partial charge >= 0.3 is 0 Å². The number of rotatable bonds is 7. The van der Waals surface area contributed by atoms with Crippen molar-refractivity contribution in [3.8, 4) is 11.8 Å². The summed E-state index contributed by atoms with van der Waals surface area (Å²) in [6.45, 7) is 3.68. The van der Waals surface area contributed by atoms with E-state index in [0.717, 1.165) is 24.1 Å². The van der Waals surface area contributed by atoms with Crippen molar-refractivity contribution in [1.29, 1.82) is 0 Å². The molecule has 2 rings (SSSR count). The van der Waals surface area contributed by atoms with Crippen LogP contribution >= 0.6 is 0 Å². The number of amides is 1. The fraction of sp³-hybridized carbons (Fsp3) is 0.476. The SMILES string of the molecule is C[S+]([O-])C(C)(CCN1CC=C(c2ccc(C#CCCO)c(F)c2)CC1)C(N)=O. The van der Waals surface area contributed by atoms with E-state index in [1.165, 1.54) is 12.3 Å². The van der Waals surface area contributed by atoms with Crippen LogP contribution in [0.1, 0.15) is 37.3 Å². The molecule has 7 heteroatoms. The summed E-state index contributed by atoms with van der Waals surface area (Å²) < 4.78 is 25.1. The zero-order chi connectivity index (χ0) is 20.7. The molecule has 3 N–H and O–H groups in total. The number of nitrogens with two attached hydrogens (primary N) is 1. The van der Waals surface area contributed by atoms with Gasteiger partial charge in [0.1, 0.15) is 5.82 Å². The van der Waals surface area contributed by atoms with Crippen molar-refractivity contribution in [2.75, 3.05) is 32.5 Å². The molecule has 0 spiro atoms. The first-order valence-corrected chi connectivity index (χ1v) is 10.8. The summed E-state index contributed by atoms with van der Waals surface area (Å²) in [5, 5.41) is 8.74. The van der Waals surface area contributed by atoms with E-state index in [-0.39, 0.29) is 12.4 Å². The molecule has 1 aliphatic rings. The van der Waals surface area contributed by atoms with Crippen LogP contribution in [0.2, 0.25) is 0 Å². The van der Waals surface area contributed by atoms with Gasteiger partial charge in [-0.15, -0.1) is 0 Å². The zero-order valence-corrected chi connectivity index (χ0v) is 17.2. The molecule has 2 unspecified atom stereocenters. The first kappa shape index (κ1) is 22.4. The average molecular weight is 407 g/mol. The Kier molecular flexibility index (Phi) is 8.08. The minimum absolute atomic E-state index is 0.0388. The second kappa shape index (κ2) is 10.1. The topological polar surface area (TPSA) is 89.6 Å². The summed E-state index contributed by atoms with van der Waals surface area (Å²) in [5.74, 6) is 4.54. The molecule has 0 saturated carbocycles. The predicted molar refractivity (Wildman–Crippen MR) is 110 cm³/mol. The second-order valence-corrected chi connectivity index (χ2v) is 8.86. The second-order valence-electron chi connectivity index (χ2n) is 7.05. The Morgan fingerprint density at radius 2 is 2.25 bits per heavy atom. The molecule has 0 bridgehead atoms. The van der Waals surface area contributed by atoms with Gasteiger partial charge in [0.2, 0.25) is 4.75 Å². The summed E-state index contributed by atoms with van der Waals surface area (Å²) in [6.07, 6.45) is 5.08. The van der Waals surface area contributed by atoms with Crippen LogP contribution in [-0.4, -0.2) is 57.7 Å². The van der Waals surface area contributed by atoms with Crippen LogP contribution in [0.15, 0.2) is 24.3 Å². The molecule has 0 saturated heterocycles. The number of carbonyl (C=O) groups excluding carboxylic acids is 1. The Labute approximate surface area is 169 Å². The van der Waals surface area contributed by atoms with Gasteiger partial charge in [0.15, 0.2) is 0 Å².